The molecule has 28 heavy (non-hydrogen) atoms. The van der Waals surface area contributed by atoms with Crippen LogP contribution in [0, 0.1) is 5.41 Å². The molecule has 0 aromatic heterocycles. The van der Waals surface area contributed by atoms with E-state index in [0.29, 0.717) is 13.1 Å². The zero-order chi connectivity index (χ0) is 21.2. The molecule has 0 spiro atoms. The quantitative estimate of drug-likeness (QED) is 0.645. The highest BCUT2D eigenvalue weighted by Gasteiger charge is 2.48. The highest BCUT2D eigenvalue weighted by molar-refractivity contribution is 5.90. The van der Waals surface area contributed by atoms with Gasteiger partial charge in [-0.25, -0.2) is 4.79 Å². The molecule has 2 aliphatic heterocycles. The molecule has 0 aliphatic carbocycles. The lowest BCUT2D eigenvalue weighted by atomic mass is 9.85. The Bertz CT molecular complexity index is 601. The molecule has 0 aromatic rings. The second-order valence-corrected chi connectivity index (χ2v) is 9.36. The molecular formula is C20H37N5O3. The van der Waals surface area contributed by atoms with Crippen molar-refractivity contribution < 1.29 is 14.4 Å². The Morgan fingerprint density at radius 1 is 0.929 bits per heavy atom. The largest absolute Gasteiger partial charge is 0.342 e. The van der Waals surface area contributed by atoms with Gasteiger partial charge in [0.2, 0.25) is 11.8 Å². The topological polar surface area (TPSA) is 93.8 Å². The summed E-state index contributed by atoms with van der Waals surface area (Å²) in [4.78, 5) is 42.0. The summed E-state index contributed by atoms with van der Waals surface area (Å²) in [6.07, 6.45) is 1.55. The maximum atomic E-state index is 13.4. The van der Waals surface area contributed by atoms with E-state index in [1.165, 1.54) is 0 Å². The first-order chi connectivity index (χ1) is 13.0. The van der Waals surface area contributed by atoms with Gasteiger partial charge in [0.1, 0.15) is 6.04 Å². The molecule has 2 aliphatic rings. The zero-order valence-electron chi connectivity index (χ0n) is 18.3. The number of rotatable bonds is 5. The van der Waals surface area contributed by atoms with Crippen LogP contribution in [0.4, 0.5) is 4.79 Å². The first-order valence-electron chi connectivity index (χ1n) is 10.3. The van der Waals surface area contributed by atoms with Crippen molar-refractivity contribution in [2.24, 2.45) is 5.41 Å². The zero-order valence-corrected chi connectivity index (χ0v) is 18.3. The van der Waals surface area contributed by atoms with Crippen LogP contribution in [-0.4, -0.2) is 78.0 Å². The minimum absolute atomic E-state index is 0.0221. The number of amides is 4. The molecule has 8 nitrogen and oxygen atoms in total. The third kappa shape index (κ3) is 4.77. The Morgan fingerprint density at radius 3 is 1.96 bits per heavy atom. The number of likely N-dealkylation sites (N-methyl/N-ethyl adjacent to an activating group) is 1. The van der Waals surface area contributed by atoms with Gasteiger partial charge >= 0.3 is 6.03 Å². The van der Waals surface area contributed by atoms with Crippen LogP contribution in [-0.2, 0) is 9.59 Å². The molecule has 0 aromatic carbocycles. The molecule has 0 bridgehead atoms. The van der Waals surface area contributed by atoms with Crippen molar-refractivity contribution in [3.05, 3.63) is 0 Å². The molecule has 8 heteroatoms. The lowest BCUT2D eigenvalue weighted by Crippen LogP contribution is -2.58. The van der Waals surface area contributed by atoms with Gasteiger partial charge in [-0.05, 0) is 46.1 Å². The number of hydrogen-bond acceptors (Lipinski definition) is 4. The summed E-state index contributed by atoms with van der Waals surface area (Å²) in [6.45, 7) is 12.8. The van der Waals surface area contributed by atoms with Crippen molar-refractivity contribution in [3.8, 4) is 0 Å². The third-order valence-electron chi connectivity index (χ3n) is 5.76. The number of likely N-dealkylation sites (tertiary alicyclic amines) is 2. The maximum absolute atomic E-state index is 13.4. The highest BCUT2D eigenvalue weighted by atomic mass is 16.2. The molecule has 2 heterocycles. The van der Waals surface area contributed by atoms with Crippen molar-refractivity contribution in [1.29, 1.82) is 0 Å². The molecule has 3 N–H and O–H groups in total. The molecule has 0 saturated carbocycles. The lowest BCUT2D eigenvalue weighted by Gasteiger charge is -2.36. The Kier molecular flexibility index (Phi) is 6.96. The van der Waals surface area contributed by atoms with Crippen LogP contribution in [0.3, 0.4) is 0 Å². The van der Waals surface area contributed by atoms with Crippen molar-refractivity contribution in [1.82, 2.24) is 25.8 Å². The van der Waals surface area contributed by atoms with E-state index in [9.17, 15) is 14.4 Å². The Morgan fingerprint density at radius 2 is 1.46 bits per heavy atom. The average molecular weight is 396 g/mol. The van der Waals surface area contributed by atoms with E-state index in [1.54, 1.807) is 14.0 Å². The smallest absolute Gasteiger partial charge is 0.317 e. The fraction of sp³-hybridized carbons (Fsp3) is 0.850. The maximum Gasteiger partial charge on any atom is 0.317 e. The highest BCUT2D eigenvalue weighted by Crippen LogP contribution is 2.33. The standard InChI is InChI=1S/C20H37N5O3/c1-12(2)22-19(28)25-11-9-14-15(25)8-10-24(14)18(27)16(20(4,5)6)23-17(26)13(3)21-7/h12-16,21H,8-11H2,1-7H3,(H,22,28)(H,23,26). The second-order valence-electron chi connectivity index (χ2n) is 9.36. The molecule has 160 valence electrons. The molecule has 0 radical (unpaired) electrons. The summed E-state index contributed by atoms with van der Waals surface area (Å²) >= 11 is 0. The summed E-state index contributed by atoms with van der Waals surface area (Å²) in [6, 6.07) is -0.872. The van der Waals surface area contributed by atoms with E-state index in [0.717, 1.165) is 12.8 Å². The van der Waals surface area contributed by atoms with Crippen molar-refractivity contribution >= 4 is 17.8 Å². The predicted molar refractivity (Wildman–Crippen MR) is 109 cm³/mol. The summed E-state index contributed by atoms with van der Waals surface area (Å²) in [7, 11) is 1.72. The number of nitrogens with zero attached hydrogens (tertiary/aromatic N) is 2. The molecular weight excluding hydrogens is 358 g/mol. The second kappa shape index (κ2) is 8.68. The summed E-state index contributed by atoms with van der Waals surface area (Å²) in [5.41, 5.74) is -0.411. The molecule has 4 amide bonds. The molecule has 2 saturated heterocycles. The molecule has 2 fully saturated rings. The Balaban J connectivity index is 2.12. The van der Waals surface area contributed by atoms with E-state index in [1.807, 2.05) is 44.4 Å². The first-order valence-corrected chi connectivity index (χ1v) is 10.3. The summed E-state index contributed by atoms with van der Waals surface area (Å²) < 4.78 is 0. The molecule has 2 rings (SSSR count). The van der Waals surface area contributed by atoms with Crippen LogP contribution < -0.4 is 16.0 Å². The van der Waals surface area contributed by atoms with Crippen molar-refractivity contribution in [2.75, 3.05) is 20.1 Å². The number of hydrogen-bond donors (Lipinski definition) is 3. The fourth-order valence-electron chi connectivity index (χ4n) is 4.05. The minimum atomic E-state index is -0.604. The van der Waals surface area contributed by atoms with Crippen LogP contribution >= 0.6 is 0 Å². The van der Waals surface area contributed by atoms with Gasteiger partial charge in [-0.1, -0.05) is 20.8 Å². The van der Waals surface area contributed by atoms with E-state index in [-0.39, 0.29) is 42.0 Å². The SMILES string of the molecule is CNC(C)C(=O)NC(C(=O)N1CCC2C1CCN2C(=O)NC(C)C)C(C)(C)C. The number of carbonyl (C=O) groups excluding carboxylic acids is 3. The number of nitrogens with one attached hydrogen (secondary N) is 3. The number of urea groups is 1. The van der Waals surface area contributed by atoms with Gasteiger partial charge in [0.05, 0.1) is 18.1 Å². The van der Waals surface area contributed by atoms with Gasteiger partial charge in [0.15, 0.2) is 0 Å². The van der Waals surface area contributed by atoms with E-state index < -0.39 is 11.5 Å². The Labute approximate surface area is 168 Å². The average Bonchev–Trinajstić information content (AvgIpc) is 3.18. The van der Waals surface area contributed by atoms with Gasteiger partial charge < -0.3 is 25.8 Å². The lowest BCUT2D eigenvalue weighted by molar-refractivity contribution is -0.140. The van der Waals surface area contributed by atoms with Gasteiger partial charge in [0, 0.05) is 19.1 Å². The van der Waals surface area contributed by atoms with Crippen molar-refractivity contribution in [2.45, 2.75) is 84.6 Å². The molecule has 4 atom stereocenters. The number of fused-ring (bicyclic) bond motifs is 1. The van der Waals surface area contributed by atoms with Crippen molar-refractivity contribution in [3.63, 3.8) is 0 Å². The third-order valence-corrected chi connectivity index (χ3v) is 5.76. The van der Waals surface area contributed by atoms with Crippen LogP contribution in [0.1, 0.15) is 54.4 Å². The van der Waals surface area contributed by atoms with E-state index in [4.69, 9.17) is 0 Å². The van der Waals surface area contributed by atoms with E-state index in [2.05, 4.69) is 16.0 Å². The van der Waals surface area contributed by atoms with Crippen LogP contribution in [0.15, 0.2) is 0 Å². The number of carbonyl (C=O) groups is 3. The Hall–Kier alpha value is -1.83. The predicted octanol–water partition coefficient (Wildman–Crippen LogP) is 0.918. The van der Waals surface area contributed by atoms with Crippen LogP contribution in [0.2, 0.25) is 0 Å². The normalized spacial score (nSPS) is 24.1. The minimum Gasteiger partial charge on any atom is -0.342 e. The molecule has 4 unspecified atom stereocenters. The van der Waals surface area contributed by atoms with Gasteiger partial charge in [-0.2, -0.15) is 0 Å². The monoisotopic (exact) mass is 395 g/mol. The van der Waals surface area contributed by atoms with E-state index >= 15 is 0 Å². The first kappa shape index (κ1) is 22.5. The van der Waals surface area contributed by atoms with Gasteiger partial charge in [0.25, 0.3) is 0 Å². The van der Waals surface area contributed by atoms with Crippen LogP contribution in [0.5, 0.6) is 0 Å². The summed E-state index contributed by atoms with van der Waals surface area (Å²) in [5, 5.41) is 8.80. The van der Waals surface area contributed by atoms with Gasteiger partial charge in [-0.3, -0.25) is 9.59 Å². The van der Waals surface area contributed by atoms with Crippen LogP contribution in [0.25, 0.3) is 0 Å². The summed E-state index contributed by atoms with van der Waals surface area (Å²) in [5.74, 6) is -0.237. The van der Waals surface area contributed by atoms with Gasteiger partial charge in [-0.15, -0.1) is 0 Å². The fourth-order valence-corrected chi connectivity index (χ4v) is 4.05.